The average Bonchev–Trinajstić information content (AvgIpc) is 2.65. The lowest BCUT2D eigenvalue weighted by atomic mass is 10.1. The van der Waals surface area contributed by atoms with Gasteiger partial charge in [0.25, 0.3) is 5.91 Å². The van der Waals surface area contributed by atoms with Gasteiger partial charge in [-0.2, -0.15) is 4.72 Å². The Bertz CT molecular complexity index is 978. The first kappa shape index (κ1) is 23.6. The Morgan fingerprint density at radius 3 is 2.00 bits per heavy atom. The zero-order valence-corrected chi connectivity index (χ0v) is 18.6. The number of carbonyl (C=O) groups excluding carboxylic acids is 2. The van der Waals surface area contributed by atoms with Crippen LogP contribution < -0.4 is 10.0 Å². The molecule has 0 saturated carbocycles. The predicted molar refractivity (Wildman–Crippen MR) is 116 cm³/mol. The SMILES string of the molecule is CC(C)[C@H](NS(=O)(=O)c1ccc(NC(=O)c2ccccc2)cc1)C(=O)OC(C)(C)C. The molecule has 0 aromatic heterocycles. The van der Waals surface area contributed by atoms with Crippen molar-refractivity contribution in [3.63, 3.8) is 0 Å². The van der Waals surface area contributed by atoms with Gasteiger partial charge in [-0.05, 0) is 63.1 Å². The molecule has 0 saturated heterocycles. The first-order valence-corrected chi connectivity index (χ1v) is 11.1. The highest BCUT2D eigenvalue weighted by molar-refractivity contribution is 7.89. The maximum atomic E-state index is 12.8. The molecule has 0 aliphatic heterocycles. The van der Waals surface area contributed by atoms with Crippen LogP contribution in [0.4, 0.5) is 5.69 Å². The molecule has 7 nitrogen and oxygen atoms in total. The van der Waals surface area contributed by atoms with Gasteiger partial charge in [0.05, 0.1) is 4.90 Å². The van der Waals surface area contributed by atoms with Crippen LogP contribution in [-0.2, 0) is 19.6 Å². The molecule has 1 amide bonds. The third-order valence-electron chi connectivity index (χ3n) is 4.07. The fourth-order valence-corrected chi connectivity index (χ4v) is 3.90. The van der Waals surface area contributed by atoms with Crippen molar-refractivity contribution in [2.75, 3.05) is 5.32 Å². The number of anilines is 1. The van der Waals surface area contributed by atoms with Crippen molar-refractivity contribution in [2.45, 2.75) is 51.2 Å². The molecule has 0 fully saturated rings. The summed E-state index contributed by atoms with van der Waals surface area (Å²) in [6.07, 6.45) is 0. The lowest BCUT2D eigenvalue weighted by Gasteiger charge is -2.26. The summed E-state index contributed by atoms with van der Waals surface area (Å²) in [7, 11) is -3.97. The second-order valence-corrected chi connectivity index (χ2v) is 9.93. The van der Waals surface area contributed by atoms with Gasteiger partial charge in [-0.15, -0.1) is 0 Å². The van der Waals surface area contributed by atoms with Crippen LogP contribution in [0.5, 0.6) is 0 Å². The zero-order valence-electron chi connectivity index (χ0n) is 17.8. The van der Waals surface area contributed by atoms with E-state index in [1.54, 1.807) is 58.9 Å². The highest BCUT2D eigenvalue weighted by Crippen LogP contribution is 2.18. The fraction of sp³-hybridized carbons (Fsp3) is 0.364. The standard InChI is InChI=1S/C22H28N2O5S/c1-15(2)19(21(26)29-22(3,4)5)24-30(27,28)18-13-11-17(12-14-18)23-20(25)16-9-7-6-8-10-16/h6-15,19,24H,1-5H3,(H,23,25)/t19-/m0/s1. The average molecular weight is 433 g/mol. The summed E-state index contributed by atoms with van der Waals surface area (Å²) < 4.78 is 33.3. The molecular formula is C22H28N2O5S. The Morgan fingerprint density at radius 1 is 0.933 bits per heavy atom. The molecule has 0 heterocycles. The van der Waals surface area contributed by atoms with Crippen LogP contribution in [-0.4, -0.2) is 31.9 Å². The fourth-order valence-electron chi connectivity index (χ4n) is 2.57. The Labute approximate surface area is 177 Å². The Hall–Kier alpha value is -2.71. The van der Waals surface area contributed by atoms with E-state index >= 15 is 0 Å². The van der Waals surface area contributed by atoms with Gasteiger partial charge in [-0.25, -0.2) is 8.42 Å². The molecular weight excluding hydrogens is 404 g/mol. The van der Waals surface area contributed by atoms with E-state index in [2.05, 4.69) is 10.0 Å². The normalized spacial score (nSPS) is 13.0. The van der Waals surface area contributed by atoms with Crippen molar-refractivity contribution < 1.29 is 22.7 Å². The number of rotatable bonds is 7. The third kappa shape index (κ3) is 6.67. The van der Waals surface area contributed by atoms with Crippen molar-refractivity contribution in [2.24, 2.45) is 5.92 Å². The van der Waals surface area contributed by atoms with Gasteiger partial charge in [0, 0.05) is 11.3 Å². The van der Waals surface area contributed by atoms with Crippen LogP contribution in [0, 0.1) is 5.92 Å². The van der Waals surface area contributed by atoms with E-state index in [1.165, 1.54) is 24.3 Å². The molecule has 0 aliphatic carbocycles. The zero-order chi connectivity index (χ0) is 22.5. The second kappa shape index (κ2) is 9.40. The lowest BCUT2D eigenvalue weighted by Crippen LogP contribution is -2.47. The molecule has 0 spiro atoms. The van der Waals surface area contributed by atoms with Crippen LogP contribution in [0.2, 0.25) is 0 Å². The van der Waals surface area contributed by atoms with E-state index in [4.69, 9.17) is 4.74 Å². The maximum absolute atomic E-state index is 12.8. The van der Waals surface area contributed by atoms with Crippen LogP contribution in [0.15, 0.2) is 59.5 Å². The summed E-state index contributed by atoms with van der Waals surface area (Å²) in [6, 6.07) is 13.4. The van der Waals surface area contributed by atoms with Crippen molar-refractivity contribution >= 4 is 27.6 Å². The summed E-state index contributed by atoms with van der Waals surface area (Å²) in [5.41, 5.74) is 0.220. The number of sulfonamides is 1. The number of esters is 1. The molecule has 2 aromatic carbocycles. The summed E-state index contributed by atoms with van der Waals surface area (Å²) >= 11 is 0. The molecule has 0 unspecified atom stereocenters. The molecule has 2 N–H and O–H groups in total. The number of nitrogens with one attached hydrogen (secondary N) is 2. The first-order chi connectivity index (χ1) is 13.9. The molecule has 0 radical (unpaired) electrons. The van der Waals surface area contributed by atoms with E-state index in [0.29, 0.717) is 11.3 Å². The van der Waals surface area contributed by atoms with Crippen molar-refractivity contribution in [3.05, 3.63) is 60.2 Å². The summed E-state index contributed by atoms with van der Waals surface area (Å²) in [5, 5.41) is 2.71. The summed E-state index contributed by atoms with van der Waals surface area (Å²) in [4.78, 5) is 24.6. The molecule has 2 rings (SSSR count). The molecule has 0 bridgehead atoms. The Balaban J connectivity index is 2.13. The monoisotopic (exact) mass is 432 g/mol. The van der Waals surface area contributed by atoms with Crippen LogP contribution in [0.3, 0.4) is 0 Å². The van der Waals surface area contributed by atoms with E-state index < -0.39 is 27.6 Å². The van der Waals surface area contributed by atoms with E-state index in [-0.39, 0.29) is 16.7 Å². The highest BCUT2D eigenvalue weighted by Gasteiger charge is 2.32. The molecule has 8 heteroatoms. The van der Waals surface area contributed by atoms with Crippen molar-refractivity contribution in [1.29, 1.82) is 0 Å². The number of hydrogen-bond donors (Lipinski definition) is 2. The van der Waals surface area contributed by atoms with Crippen LogP contribution in [0.25, 0.3) is 0 Å². The minimum absolute atomic E-state index is 0.0191. The van der Waals surface area contributed by atoms with Gasteiger partial charge in [0.1, 0.15) is 11.6 Å². The minimum atomic E-state index is -3.97. The predicted octanol–water partition coefficient (Wildman–Crippen LogP) is 3.58. The van der Waals surface area contributed by atoms with Gasteiger partial charge in [0.2, 0.25) is 10.0 Å². The molecule has 2 aromatic rings. The number of benzene rings is 2. The number of ether oxygens (including phenoxy) is 1. The Morgan fingerprint density at radius 2 is 1.50 bits per heavy atom. The first-order valence-electron chi connectivity index (χ1n) is 9.61. The number of hydrogen-bond acceptors (Lipinski definition) is 5. The molecule has 1 atom stereocenters. The summed E-state index contributed by atoms with van der Waals surface area (Å²) in [5.74, 6) is -1.24. The molecule has 162 valence electrons. The van der Waals surface area contributed by atoms with Gasteiger partial charge >= 0.3 is 5.97 Å². The molecule has 0 aliphatic rings. The van der Waals surface area contributed by atoms with Gasteiger partial charge < -0.3 is 10.1 Å². The molecule has 30 heavy (non-hydrogen) atoms. The highest BCUT2D eigenvalue weighted by atomic mass is 32.2. The van der Waals surface area contributed by atoms with Gasteiger partial charge in [0.15, 0.2) is 0 Å². The number of amides is 1. The van der Waals surface area contributed by atoms with E-state index in [9.17, 15) is 18.0 Å². The van der Waals surface area contributed by atoms with Crippen LogP contribution >= 0.6 is 0 Å². The maximum Gasteiger partial charge on any atom is 0.324 e. The van der Waals surface area contributed by atoms with Gasteiger partial charge in [-0.1, -0.05) is 32.0 Å². The van der Waals surface area contributed by atoms with Gasteiger partial charge in [-0.3, -0.25) is 9.59 Å². The topological polar surface area (TPSA) is 102 Å². The third-order valence-corrected chi connectivity index (χ3v) is 5.52. The minimum Gasteiger partial charge on any atom is -0.459 e. The van der Waals surface area contributed by atoms with E-state index in [1.807, 2.05) is 6.07 Å². The lowest BCUT2D eigenvalue weighted by molar-refractivity contribution is -0.158. The van der Waals surface area contributed by atoms with Crippen LogP contribution in [0.1, 0.15) is 45.0 Å². The smallest absolute Gasteiger partial charge is 0.324 e. The quantitative estimate of drug-likeness (QED) is 0.651. The largest absolute Gasteiger partial charge is 0.459 e. The van der Waals surface area contributed by atoms with Crippen molar-refractivity contribution in [3.8, 4) is 0 Å². The van der Waals surface area contributed by atoms with Crippen molar-refractivity contribution in [1.82, 2.24) is 4.72 Å². The second-order valence-electron chi connectivity index (χ2n) is 8.22. The summed E-state index contributed by atoms with van der Waals surface area (Å²) in [6.45, 7) is 8.64. The Kier molecular flexibility index (Phi) is 7.39. The number of carbonyl (C=O) groups is 2. The van der Waals surface area contributed by atoms with E-state index in [0.717, 1.165) is 0 Å².